The van der Waals surface area contributed by atoms with Gasteiger partial charge in [0.1, 0.15) is 0 Å². The summed E-state index contributed by atoms with van der Waals surface area (Å²) in [5.74, 6) is 0.0674. The summed E-state index contributed by atoms with van der Waals surface area (Å²) in [5.41, 5.74) is 1.61. The van der Waals surface area contributed by atoms with Gasteiger partial charge in [0.15, 0.2) is 0 Å². The summed E-state index contributed by atoms with van der Waals surface area (Å²) in [6, 6.07) is 3.03. The van der Waals surface area contributed by atoms with Crippen molar-refractivity contribution < 1.29 is 13.2 Å². The van der Waals surface area contributed by atoms with Crippen molar-refractivity contribution in [3.8, 4) is 0 Å². The Labute approximate surface area is 131 Å². The van der Waals surface area contributed by atoms with Crippen LogP contribution in [0.5, 0.6) is 0 Å². The van der Waals surface area contributed by atoms with Gasteiger partial charge in [-0.25, -0.2) is 8.42 Å². The summed E-state index contributed by atoms with van der Waals surface area (Å²) >= 11 is 0. The number of aryl methyl sites for hydroxylation is 2. The summed E-state index contributed by atoms with van der Waals surface area (Å²) in [6.45, 7) is 9.49. The molecule has 0 radical (unpaired) electrons. The minimum atomic E-state index is -3.86. The molecular formula is C15H22ClNO3S. The van der Waals surface area contributed by atoms with Crippen molar-refractivity contribution in [2.45, 2.75) is 52.0 Å². The largest absolute Gasteiger partial charge is 0.349 e. The van der Waals surface area contributed by atoms with E-state index in [0.29, 0.717) is 17.0 Å². The van der Waals surface area contributed by atoms with Crippen LogP contribution < -0.4 is 5.32 Å². The highest BCUT2D eigenvalue weighted by molar-refractivity contribution is 8.13. The van der Waals surface area contributed by atoms with Crippen molar-refractivity contribution in [1.82, 2.24) is 5.32 Å². The molecule has 1 N–H and O–H groups in total. The van der Waals surface area contributed by atoms with Crippen molar-refractivity contribution in [2.24, 2.45) is 5.92 Å². The highest BCUT2D eigenvalue weighted by Crippen LogP contribution is 2.24. The van der Waals surface area contributed by atoms with E-state index >= 15 is 0 Å². The quantitative estimate of drug-likeness (QED) is 0.841. The SMILES string of the molecule is CCC(C)C(C)NC(=O)c1cc(S(=O)(=O)Cl)c(C)cc1C. The van der Waals surface area contributed by atoms with E-state index in [-0.39, 0.29) is 16.8 Å². The number of nitrogens with one attached hydrogen (secondary N) is 1. The first-order valence-electron chi connectivity index (χ1n) is 6.94. The molecule has 0 bridgehead atoms. The molecule has 0 aliphatic carbocycles. The van der Waals surface area contributed by atoms with Crippen LogP contribution in [0.15, 0.2) is 17.0 Å². The van der Waals surface area contributed by atoms with Gasteiger partial charge in [-0.05, 0) is 43.9 Å². The summed E-state index contributed by atoms with van der Waals surface area (Å²) in [5, 5.41) is 2.91. The number of hydrogen-bond donors (Lipinski definition) is 1. The van der Waals surface area contributed by atoms with Gasteiger partial charge in [-0.3, -0.25) is 4.79 Å². The van der Waals surface area contributed by atoms with Crippen molar-refractivity contribution >= 4 is 25.6 Å². The third kappa shape index (κ3) is 4.45. The molecule has 6 heteroatoms. The van der Waals surface area contributed by atoms with E-state index in [4.69, 9.17) is 10.7 Å². The number of amides is 1. The molecule has 0 aliphatic rings. The zero-order valence-corrected chi connectivity index (χ0v) is 14.6. The predicted molar refractivity (Wildman–Crippen MR) is 85.3 cm³/mol. The third-order valence-corrected chi connectivity index (χ3v) is 5.35. The standard InChI is InChI=1S/C15H22ClNO3S/c1-6-9(2)12(5)17-15(18)13-8-14(21(16,19)20)11(4)7-10(13)3/h7-9,12H,6H2,1-5H3,(H,17,18). The zero-order chi connectivity index (χ0) is 16.4. The van der Waals surface area contributed by atoms with Gasteiger partial charge in [-0.1, -0.05) is 26.3 Å². The topological polar surface area (TPSA) is 63.2 Å². The second kappa shape index (κ2) is 6.79. The van der Waals surface area contributed by atoms with Gasteiger partial charge in [0, 0.05) is 22.3 Å². The van der Waals surface area contributed by atoms with Crippen LogP contribution in [0.2, 0.25) is 0 Å². The zero-order valence-electron chi connectivity index (χ0n) is 13.0. The van der Waals surface area contributed by atoms with Gasteiger partial charge in [-0.15, -0.1) is 0 Å². The van der Waals surface area contributed by atoms with Crippen molar-refractivity contribution in [2.75, 3.05) is 0 Å². The van der Waals surface area contributed by atoms with Crippen LogP contribution in [0.25, 0.3) is 0 Å². The average Bonchev–Trinajstić information content (AvgIpc) is 2.35. The molecule has 0 aliphatic heterocycles. The second-order valence-corrected chi connectivity index (χ2v) is 8.05. The first-order chi connectivity index (χ1) is 9.57. The van der Waals surface area contributed by atoms with Crippen molar-refractivity contribution in [1.29, 1.82) is 0 Å². The molecule has 1 aromatic carbocycles. The molecular weight excluding hydrogens is 310 g/mol. The molecule has 2 unspecified atom stereocenters. The van der Waals surface area contributed by atoms with Crippen LogP contribution in [0.1, 0.15) is 48.7 Å². The maximum absolute atomic E-state index is 12.3. The molecule has 21 heavy (non-hydrogen) atoms. The van der Waals surface area contributed by atoms with Gasteiger partial charge in [0.2, 0.25) is 0 Å². The van der Waals surface area contributed by atoms with E-state index in [2.05, 4.69) is 19.2 Å². The Kier molecular flexibility index (Phi) is 5.82. The fourth-order valence-corrected chi connectivity index (χ4v) is 3.32. The molecule has 0 heterocycles. The van der Waals surface area contributed by atoms with E-state index in [1.807, 2.05) is 6.92 Å². The fraction of sp³-hybridized carbons (Fsp3) is 0.533. The van der Waals surface area contributed by atoms with Crippen LogP contribution in [0, 0.1) is 19.8 Å². The van der Waals surface area contributed by atoms with Gasteiger partial charge in [-0.2, -0.15) is 0 Å². The van der Waals surface area contributed by atoms with Gasteiger partial charge >= 0.3 is 0 Å². The summed E-state index contributed by atoms with van der Waals surface area (Å²) in [4.78, 5) is 12.3. The number of rotatable bonds is 5. The molecule has 0 fully saturated rings. The molecule has 4 nitrogen and oxygen atoms in total. The smallest absolute Gasteiger partial charge is 0.261 e. The Morgan fingerprint density at radius 3 is 2.29 bits per heavy atom. The fourth-order valence-electron chi connectivity index (χ4n) is 2.12. The summed E-state index contributed by atoms with van der Waals surface area (Å²) < 4.78 is 23.1. The Bertz CT molecular complexity index is 641. The first kappa shape index (κ1) is 18.0. The number of hydrogen-bond acceptors (Lipinski definition) is 3. The Morgan fingerprint density at radius 1 is 1.24 bits per heavy atom. The lowest BCUT2D eigenvalue weighted by Gasteiger charge is -2.20. The molecule has 118 valence electrons. The lowest BCUT2D eigenvalue weighted by atomic mass is 9.99. The Morgan fingerprint density at radius 2 is 1.81 bits per heavy atom. The van der Waals surface area contributed by atoms with E-state index in [9.17, 15) is 13.2 Å². The maximum Gasteiger partial charge on any atom is 0.261 e. The third-order valence-electron chi connectivity index (χ3n) is 3.89. The molecule has 0 aromatic heterocycles. The Balaban J connectivity index is 3.16. The normalized spacial score (nSPS) is 14.6. The molecule has 2 atom stereocenters. The second-order valence-electron chi connectivity index (χ2n) is 5.52. The summed E-state index contributed by atoms with van der Waals surface area (Å²) in [6.07, 6.45) is 0.954. The lowest BCUT2D eigenvalue weighted by molar-refractivity contribution is 0.0927. The number of carbonyl (C=O) groups is 1. The minimum absolute atomic E-state index is 0.0132. The number of halogens is 1. The van der Waals surface area contributed by atoms with E-state index in [1.54, 1.807) is 19.9 Å². The molecule has 1 amide bonds. The van der Waals surface area contributed by atoms with Crippen LogP contribution in [-0.4, -0.2) is 20.4 Å². The van der Waals surface area contributed by atoms with Crippen LogP contribution in [-0.2, 0) is 9.05 Å². The van der Waals surface area contributed by atoms with Crippen LogP contribution >= 0.6 is 10.7 Å². The molecule has 1 aromatic rings. The molecule has 0 saturated carbocycles. The van der Waals surface area contributed by atoms with Crippen molar-refractivity contribution in [3.05, 3.63) is 28.8 Å². The number of carbonyl (C=O) groups excluding carboxylic acids is 1. The summed E-state index contributed by atoms with van der Waals surface area (Å²) in [7, 11) is 1.55. The molecule has 1 rings (SSSR count). The Hall–Kier alpha value is -1.07. The highest BCUT2D eigenvalue weighted by atomic mass is 35.7. The van der Waals surface area contributed by atoms with Gasteiger partial charge < -0.3 is 5.32 Å². The van der Waals surface area contributed by atoms with Crippen LogP contribution in [0.4, 0.5) is 0 Å². The average molecular weight is 332 g/mol. The van der Waals surface area contributed by atoms with E-state index in [0.717, 1.165) is 12.0 Å². The minimum Gasteiger partial charge on any atom is -0.349 e. The highest BCUT2D eigenvalue weighted by Gasteiger charge is 2.20. The van der Waals surface area contributed by atoms with Crippen molar-refractivity contribution in [3.63, 3.8) is 0 Å². The monoisotopic (exact) mass is 331 g/mol. The van der Waals surface area contributed by atoms with E-state index in [1.165, 1.54) is 6.07 Å². The van der Waals surface area contributed by atoms with E-state index < -0.39 is 9.05 Å². The molecule has 0 saturated heterocycles. The predicted octanol–water partition coefficient (Wildman–Crippen LogP) is 3.40. The first-order valence-corrected chi connectivity index (χ1v) is 9.25. The van der Waals surface area contributed by atoms with Crippen LogP contribution in [0.3, 0.4) is 0 Å². The number of benzene rings is 1. The maximum atomic E-state index is 12.3. The lowest BCUT2D eigenvalue weighted by Crippen LogP contribution is -2.37. The molecule has 0 spiro atoms. The van der Waals surface area contributed by atoms with Gasteiger partial charge in [0.05, 0.1) is 4.90 Å². The van der Waals surface area contributed by atoms with Gasteiger partial charge in [0.25, 0.3) is 15.0 Å².